The zero-order valence-corrected chi connectivity index (χ0v) is 10.1. The van der Waals surface area contributed by atoms with Gasteiger partial charge in [0.05, 0.1) is 12.1 Å². The molecule has 5 nitrogen and oxygen atoms in total. The first-order valence-corrected chi connectivity index (χ1v) is 5.63. The molecule has 2 aromatic heterocycles. The quantitative estimate of drug-likeness (QED) is 0.765. The lowest BCUT2D eigenvalue weighted by Crippen LogP contribution is -2.08. The average Bonchev–Trinajstić information content (AvgIpc) is 2.87. The molecular weight excluding hydrogens is 252 g/mol. The summed E-state index contributed by atoms with van der Waals surface area (Å²) in [5.74, 6) is -0.538. The van der Waals surface area contributed by atoms with E-state index in [1.807, 2.05) is 7.05 Å². The second-order valence-corrected chi connectivity index (χ2v) is 4.27. The minimum Gasteiger partial charge on any atom is -0.369 e. The van der Waals surface area contributed by atoms with Crippen molar-refractivity contribution in [2.24, 2.45) is 7.05 Å². The first-order chi connectivity index (χ1) is 9.06. The van der Waals surface area contributed by atoms with Crippen molar-refractivity contribution in [2.45, 2.75) is 6.54 Å². The standard InChI is InChI=1S/C12H11F2N5/c1-18-3-2-16-10(18)6-19-9-5-7(13)4-8(14)11(9)17-12(19)15/h2-5H,6H2,1H3,(H2,15,17). The van der Waals surface area contributed by atoms with Crippen LogP contribution in [0.15, 0.2) is 24.5 Å². The second kappa shape index (κ2) is 4.04. The summed E-state index contributed by atoms with van der Waals surface area (Å²) in [5, 5.41) is 0. The number of hydrogen-bond acceptors (Lipinski definition) is 3. The molecule has 19 heavy (non-hydrogen) atoms. The predicted molar refractivity (Wildman–Crippen MR) is 66.4 cm³/mol. The van der Waals surface area contributed by atoms with E-state index in [0.29, 0.717) is 12.1 Å². The van der Waals surface area contributed by atoms with Crippen LogP contribution in [0.25, 0.3) is 11.0 Å². The fourth-order valence-electron chi connectivity index (χ4n) is 2.02. The second-order valence-electron chi connectivity index (χ2n) is 4.27. The smallest absolute Gasteiger partial charge is 0.201 e. The molecule has 0 saturated heterocycles. The van der Waals surface area contributed by atoms with Crippen LogP contribution in [0.1, 0.15) is 5.82 Å². The molecule has 2 N–H and O–H groups in total. The normalized spacial score (nSPS) is 11.3. The van der Waals surface area contributed by atoms with Crippen molar-refractivity contribution in [1.82, 2.24) is 19.1 Å². The molecule has 0 bridgehead atoms. The van der Waals surface area contributed by atoms with E-state index in [4.69, 9.17) is 5.73 Å². The lowest BCUT2D eigenvalue weighted by Gasteiger charge is -2.06. The highest BCUT2D eigenvalue weighted by Gasteiger charge is 2.15. The van der Waals surface area contributed by atoms with Crippen molar-refractivity contribution in [2.75, 3.05) is 5.73 Å². The van der Waals surface area contributed by atoms with Gasteiger partial charge in [0.25, 0.3) is 0 Å². The van der Waals surface area contributed by atoms with E-state index in [0.717, 1.165) is 11.9 Å². The monoisotopic (exact) mass is 263 g/mol. The Morgan fingerprint density at radius 2 is 2.11 bits per heavy atom. The minimum atomic E-state index is -0.722. The van der Waals surface area contributed by atoms with Crippen molar-refractivity contribution >= 4 is 17.0 Å². The molecule has 2 heterocycles. The van der Waals surface area contributed by atoms with E-state index in [9.17, 15) is 8.78 Å². The minimum absolute atomic E-state index is 0.0631. The molecule has 3 rings (SSSR count). The molecule has 0 unspecified atom stereocenters. The molecule has 0 amide bonds. The summed E-state index contributed by atoms with van der Waals surface area (Å²) in [7, 11) is 1.83. The van der Waals surface area contributed by atoms with Gasteiger partial charge in [-0.2, -0.15) is 0 Å². The highest BCUT2D eigenvalue weighted by atomic mass is 19.1. The number of benzene rings is 1. The molecule has 0 spiro atoms. The Labute approximate surface area is 107 Å². The molecule has 0 radical (unpaired) electrons. The van der Waals surface area contributed by atoms with E-state index >= 15 is 0 Å². The third-order valence-electron chi connectivity index (χ3n) is 3.02. The number of anilines is 1. The summed E-state index contributed by atoms with van der Waals surface area (Å²) < 4.78 is 30.2. The summed E-state index contributed by atoms with van der Waals surface area (Å²) in [6, 6.07) is 2.00. The fraction of sp³-hybridized carbons (Fsp3) is 0.167. The Kier molecular flexibility index (Phi) is 2.48. The van der Waals surface area contributed by atoms with Gasteiger partial charge in [-0.3, -0.25) is 0 Å². The number of nitrogens with zero attached hydrogens (tertiary/aromatic N) is 4. The Balaban J connectivity index is 2.18. The van der Waals surface area contributed by atoms with Crippen molar-refractivity contribution in [3.8, 4) is 0 Å². The first kappa shape index (κ1) is 11.6. The van der Waals surface area contributed by atoms with Crippen LogP contribution in [0.5, 0.6) is 0 Å². The molecule has 3 aromatic rings. The zero-order chi connectivity index (χ0) is 13.6. The Hall–Kier alpha value is -2.44. The van der Waals surface area contributed by atoms with Gasteiger partial charge in [-0.15, -0.1) is 0 Å². The van der Waals surface area contributed by atoms with Crippen LogP contribution in [0.4, 0.5) is 14.7 Å². The summed E-state index contributed by atoms with van der Waals surface area (Å²) in [6.07, 6.45) is 3.43. The van der Waals surface area contributed by atoms with Crippen LogP contribution in [-0.2, 0) is 13.6 Å². The molecule has 0 aliphatic rings. The number of halogens is 2. The number of rotatable bonds is 2. The van der Waals surface area contributed by atoms with Crippen molar-refractivity contribution in [1.29, 1.82) is 0 Å². The van der Waals surface area contributed by atoms with Crippen LogP contribution >= 0.6 is 0 Å². The number of aryl methyl sites for hydroxylation is 1. The van der Waals surface area contributed by atoms with Crippen molar-refractivity contribution in [3.05, 3.63) is 42.0 Å². The number of aromatic nitrogens is 4. The molecule has 0 aliphatic carbocycles. The number of hydrogen-bond donors (Lipinski definition) is 1. The van der Waals surface area contributed by atoms with Crippen molar-refractivity contribution in [3.63, 3.8) is 0 Å². The molecule has 98 valence electrons. The first-order valence-electron chi connectivity index (χ1n) is 5.63. The maximum Gasteiger partial charge on any atom is 0.201 e. The van der Waals surface area contributed by atoms with Gasteiger partial charge >= 0.3 is 0 Å². The van der Waals surface area contributed by atoms with E-state index in [1.54, 1.807) is 17.0 Å². The maximum absolute atomic E-state index is 13.6. The van der Waals surface area contributed by atoms with Gasteiger partial charge in [0, 0.05) is 31.6 Å². The van der Waals surface area contributed by atoms with Gasteiger partial charge in [0.15, 0.2) is 5.82 Å². The molecule has 7 heteroatoms. The molecule has 0 aliphatic heterocycles. The van der Waals surface area contributed by atoms with Gasteiger partial charge in [-0.25, -0.2) is 18.7 Å². The van der Waals surface area contributed by atoms with Crippen LogP contribution in [-0.4, -0.2) is 19.1 Å². The molecular formula is C12H11F2N5. The Morgan fingerprint density at radius 1 is 1.32 bits per heavy atom. The SMILES string of the molecule is Cn1ccnc1Cn1c(N)nc2c(F)cc(F)cc21. The topological polar surface area (TPSA) is 61.7 Å². The maximum atomic E-state index is 13.6. The third kappa shape index (κ3) is 1.83. The number of imidazole rings is 2. The van der Waals surface area contributed by atoms with Crippen LogP contribution < -0.4 is 5.73 Å². The number of nitrogen functional groups attached to an aromatic ring is 1. The predicted octanol–water partition coefficient (Wildman–Crippen LogP) is 1.68. The lowest BCUT2D eigenvalue weighted by molar-refractivity contribution is 0.590. The van der Waals surface area contributed by atoms with Crippen LogP contribution in [0, 0.1) is 11.6 Å². The fourth-order valence-corrected chi connectivity index (χ4v) is 2.02. The van der Waals surface area contributed by atoms with Gasteiger partial charge < -0.3 is 14.9 Å². The largest absolute Gasteiger partial charge is 0.369 e. The average molecular weight is 263 g/mol. The van der Waals surface area contributed by atoms with Gasteiger partial charge in [0.2, 0.25) is 5.95 Å². The van der Waals surface area contributed by atoms with Crippen LogP contribution in [0.2, 0.25) is 0 Å². The summed E-state index contributed by atoms with van der Waals surface area (Å²) in [4.78, 5) is 8.08. The highest BCUT2D eigenvalue weighted by molar-refractivity contribution is 5.79. The summed E-state index contributed by atoms with van der Waals surface area (Å²) >= 11 is 0. The number of fused-ring (bicyclic) bond motifs is 1. The van der Waals surface area contributed by atoms with Gasteiger partial charge in [-0.05, 0) is 0 Å². The zero-order valence-electron chi connectivity index (χ0n) is 10.1. The van der Waals surface area contributed by atoms with Crippen LogP contribution in [0.3, 0.4) is 0 Å². The highest BCUT2D eigenvalue weighted by Crippen LogP contribution is 2.22. The lowest BCUT2D eigenvalue weighted by atomic mass is 10.3. The summed E-state index contributed by atoms with van der Waals surface area (Å²) in [6.45, 7) is 0.300. The number of nitrogens with two attached hydrogens (primary N) is 1. The molecule has 0 atom stereocenters. The molecule has 0 saturated carbocycles. The van der Waals surface area contributed by atoms with Gasteiger partial charge in [0.1, 0.15) is 17.2 Å². The van der Waals surface area contributed by atoms with Gasteiger partial charge in [-0.1, -0.05) is 0 Å². The van der Waals surface area contributed by atoms with E-state index < -0.39 is 11.6 Å². The van der Waals surface area contributed by atoms with E-state index in [2.05, 4.69) is 9.97 Å². The molecule has 0 fully saturated rings. The van der Waals surface area contributed by atoms with Crippen molar-refractivity contribution < 1.29 is 8.78 Å². The molecule has 1 aromatic carbocycles. The summed E-state index contributed by atoms with van der Waals surface area (Å²) in [5.41, 5.74) is 6.15. The van der Waals surface area contributed by atoms with E-state index in [1.165, 1.54) is 10.6 Å². The third-order valence-corrected chi connectivity index (χ3v) is 3.02. The Bertz CT molecular complexity index is 759. The Morgan fingerprint density at radius 3 is 2.79 bits per heavy atom. The van der Waals surface area contributed by atoms with E-state index in [-0.39, 0.29) is 11.5 Å².